The van der Waals surface area contributed by atoms with E-state index in [2.05, 4.69) is 24.5 Å². The van der Waals surface area contributed by atoms with Crippen molar-refractivity contribution < 1.29 is 0 Å². The molecule has 0 N–H and O–H groups in total. The van der Waals surface area contributed by atoms with Crippen molar-refractivity contribution >= 4 is 24.2 Å². The van der Waals surface area contributed by atoms with E-state index in [9.17, 15) is 0 Å². The Bertz CT molecular complexity index is 579. The molecule has 0 saturated carbocycles. The average molecular weight is 259 g/mol. The van der Waals surface area contributed by atoms with Gasteiger partial charge in [0.05, 0.1) is 5.02 Å². The average Bonchev–Trinajstić information content (AvgIpc) is 2.38. The van der Waals surface area contributed by atoms with Crippen LogP contribution >= 0.6 is 24.2 Å². The van der Waals surface area contributed by atoms with E-state index in [0.717, 1.165) is 16.7 Å². The number of halogens is 1. The predicted octanol–water partition coefficient (Wildman–Crippen LogP) is 4.17. The molecule has 0 radical (unpaired) electrons. The molecule has 0 aromatic heterocycles. The zero-order chi connectivity index (χ0) is 12.1. The Labute approximate surface area is 112 Å². The topological polar surface area (TPSA) is 0 Å². The van der Waals surface area contributed by atoms with Crippen LogP contribution < -0.4 is 0 Å². The highest BCUT2D eigenvalue weighted by Gasteiger charge is 1.96. The molecule has 2 rings (SSSR count). The molecule has 0 bridgehead atoms. The van der Waals surface area contributed by atoms with Gasteiger partial charge in [-0.1, -0.05) is 53.8 Å². The highest BCUT2D eigenvalue weighted by molar-refractivity contribution is 7.79. The van der Waals surface area contributed by atoms with Crippen molar-refractivity contribution in [1.29, 1.82) is 0 Å². The van der Waals surface area contributed by atoms with E-state index >= 15 is 0 Å². The molecule has 0 nitrogen and oxygen atoms in total. The molecule has 2 heteroatoms. The fraction of sp³-hybridized carbons (Fsp3) is 0.0667. The van der Waals surface area contributed by atoms with Gasteiger partial charge in [0.25, 0.3) is 0 Å². The third-order valence-corrected chi connectivity index (χ3v) is 3.06. The zero-order valence-corrected chi connectivity index (χ0v) is 10.8. The first-order valence-corrected chi connectivity index (χ1v) is 6.27. The van der Waals surface area contributed by atoms with E-state index < -0.39 is 0 Å². The van der Waals surface area contributed by atoms with Crippen molar-refractivity contribution in [2.75, 3.05) is 0 Å². The summed E-state index contributed by atoms with van der Waals surface area (Å²) in [5.41, 5.74) is 2.99. The third kappa shape index (κ3) is 3.06. The summed E-state index contributed by atoms with van der Waals surface area (Å²) in [6.45, 7) is 0. The first kappa shape index (κ1) is 12.1. The smallest absolute Gasteiger partial charge is 0.0562 e. The first-order valence-electron chi connectivity index (χ1n) is 5.26. The Kier molecular flexibility index (Phi) is 4.14. The Hall–Kier alpha value is -1.36. The van der Waals surface area contributed by atoms with Crippen LogP contribution in [0.3, 0.4) is 0 Å². The lowest BCUT2D eigenvalue weighted by Gasteiger charge is -1.99. The van der Waals surface area contributed by atoms with Gasteiger partial charge in [-0.25, -0.2) is 0 Å². The van der Waals surface area contributed by atoms with E-state index in [1.54, 1.807) is 0 Å². The number of benzene rings is 2. The van der Waals surface area contributed by atoms with Crippen LogP contribution in [0.15, 0.2) is 48.5 Å². The summed E-state index contributed by atoms with van der Waals surface area (Å²) >= 11 is 10.3. The molecule has 0 atom stereocenters. The van der Waals surface area contributed by atoms with Crippen LogP contribution in [-0.4, -0.2) is 0 Å². The predicted molar refractivity (Wildman–Crippen MR) is 76.6 cm³/mol. The van der Waals surface area contributed by atoms with E-state index in [1.165, 1.54) is 0 Å². The van der Waals surface area contributed by atoms with Crippen molar-refractivity contribution in [1.82, 2.24) is 0 Å². The van der Waals surface area contributed by atoms with Gasteiger partial charge in [-0.15, -0.1) is 0 Å². The quantitative estimate of drug-likeness (QED) is 0.576. The fourth-order valence-electron chi connectivity index (χ4n) is 1.48. The van der Waals surface area contributed by atoms with Crippen LogP contribution in [0.2, 0.25) is 5.02 Å². The minimum Gasteiger partial charge on any atom is -0.175 e. The molecule has 84 valence electrons. The molecule has 0 aliphatic rings. The minimum absolute atomic E-state index is 0.684. The van der Waals surface area contributed by atoms with Gasteiger partial charge in [0.2, 0.25) is 0 Å². The van der Waals surface area contributed by atoms with Gasteiger partial charge in [0.15, 0.2) is 0 Å². The van der Waals surface area contributed by atoms with Gasteiger partial charge in [-0.05, 0) is 23.8 Å². The van der Waals surface area contributed by atoms with E-state index in [0.29, 0.717) is 10.8 Å². The van der Waals surface area contributed by atoms with Crippen molar-refractivity contribution in [2.24, 2.45) is 0 Å². The second-order valence-electron chi connectivity index (χ2n) is 3.55. The normalized spacial score (nSPS) is 9.53. The Morgan fingerprint density at radius 2 is 1.47 bits per heavy atom. The summed E-state index contributed by atoms with van der Waals surface area (Å²) in [4.78, 5) is 0. The Balaban J connectivity index is 2.37. The lowest BCUT2D eigenvalue weighted by molar-refractivity contribution is 1.40. The van der Waals surface area contributed by atoms with Crippen LogP contribution in [0.5, 0.6) is 0 Å². The maximum atomic E-state index is 6.05. The third-order valence-electron chi connectivity index (χ3n) is 2.39. The molecule has 0 aliphatic carbocycles. The summed E-state index contributed by atoms with van der Waals surface area (Å²) in [6, 6.07) is 15.6. The molecular weight excluding hydrogens is 248 g/mol. The van der Waals surface area contributed by atoms with Gasteiger partial charge >= 0.3 is 0 Å². The molecule has 0 fully saturated rings. The largest absolute Gasteiger partial charge is 0.175 e. The van der Waals surface area contributed by atoms with Crippen molar-refractivity contribution in [3.05, 3.63) is 70.2 Å². The summed E-state index contributed by atoms with van der Waals surface area (Å²) in [7, 11) is 0. The Morgan fingerprint density at radius 1 is 0.882 bits per heavy atom. The van der Waals surface area contributed by atoms with Crippen LogP contribution in [-0.2, 0) is 5.75 Å². The van der Waals surface area contributed by atoms with Gasteiger partial charge < -0.3 is 0 Å². The standard InChI is InChI=1S/C15H11ClS/c16-15-8-4-3-6-13(15)10-9-12-5-1-2-7-14(12)11-17/h1-8,17H,11H2. The van der Waals surface area contributed by atoms with Crippen LogP contribution in [0.1, 0.15) is 16.7 Å². The number of hydrogen-bond acceptors (Lipinski definition) is 1. The summed E-state index contributed by atoms with van der Waals surface area (Å²) in [5, 5.41) is 0.684. The highest BCUT2D eigenvalue weighted by Crippen LogP contribution is 2.14. The summed E-state index contributed by atoms with van der Waals surface area (Å²) in [6.07, 6.45) is 0. The van der Waals surface area contributed by atoms with Gasteiger partial charge in [-0.2, -0.15) is 12.6 Å². The van der Waals surface area contributed by atoms with E-state index in [-0.39, 0.29) is 0 Å². The molecule has 0 unspecified atom stereocenters. The summed E-state index contributed by atoms with van der Waals surface area (Å²) < 4.78 is 0. The molecular formula is C15H11ClS. The fourth-order valence-corrected chi connectivity index (χ4v) is 1.94. The number of thiol groups is 1. The van der Waals surface area contributed by atoms with E-state index in [4.69, 9.17) is 11.6 Å². The maximum absolute atomic E-state index is 6.05. The molecule has 0 aliphatic heterocycles. The van der Waals surface area contributed by atoms with Crippen molar-refractivity contribution in [2.45, 2.75) is 5.75 Å². The molecule has 0 heterocycles. The van der Waals surface area contributed by atoms with Gasteiger partial charge in [0.1, 0.15) is 0 Å². The Morgan fingerprint density at radius 3 is 2.18 bits per heavy atom. The monoisotopic (exact) mass is 258 g/mol. The maximum Gasteiger partial charge on any atom is 0.0562 e. The number of hydrogen-bond donors (Lipinski definition) is 1. The lowest BCUT2D eigenvalue weighted by atomic mass is 10.1. The van der Waals surface area contributed by atoms with Gasteiger partial charge in [-0.3, -0.25) is 0 Å². The molecule has 17 heavy (non-hydrogen) atoms. The summed E-state index contributed by atoms with van der Waals surface area (Å²) in [5.74, 6) is 6.91. The first-order chi connectivity index (χ1) is 8.31. The molecule has 0 saturated heterocycles. The van der Waals surface area contributed by atoms with E-state index in [1.807, 2.05) is 48.5 Å². The van der Waals surface area contributed by atoms with Crippen molar-refractivity contribution in [3.63, 3.8) is 0 Å². The second kappa shape index (κ2) is 5.82. The minimum atomic E-state index is 0.684. The van der Waals surface area contributed by atoms with Crippen LogP contribution in [0.4, 0.5) is 0 Å². The molecule has 0 spiro atoms. The van der Waals surface area contributed by atoms with Crippen LogP contribution in [0, 0.1) is 11.8 Å². The van der Waals surface area contributed by atoms with Gasteiger partial charge in [0, 0.05) is 16.9 Å². The highest BCUT2D eigenvalue weighted by atomic mass is 35.5. The molecule has 2 aromatic carbocycles. The number of rotatable bonds is 1. The second-order valence-corrected chi connectivity index (χ2v) is 4.27. The lowest BCUT2D eigenvalue weighted by Crippen LogP contribution is -1.85. The molecule has 2 aromatic rings. The SMILES string of the molecule is SCc1ccccc1C#Cc1ccccc1Cl. The van der Waals surface area contributed by atoms with Crippen LogP contribution in [0.25, 0.3) is 0 Å². The zero-order valence-electron chi connectivity index (χ0n) is 9.15. The molecule has 0 amide bonds. The van der Waals surface area contributed by atoms with Crippen molar-refractivity contribution in [3.8, 4) is 11.8 Å².